The molecule has 51 heavy (non-hydrogen) atoms. The van der Waals surface area contributed by atoms with Gasteiger partial charge in [0.25, 0.3) is 0 Å². The topological polar surface area (TPSA) is 76.6 Å². The Morgan fingerprint density at radius 2 is 1.47 bits per heavy atom. The SMILES string of the molecule is CC1(C)\C(=C/C=C(/C=C/C2N(CCC[N+](C)(C)C)c3ccccc3C2(C)C)c2ccncc2)N(CCC[N+](C)(C)C)c2ccc(S(=O)(=O)[O-])cc21. The van der Waals surface area contributed by atoms with E-state index in [-0.39, 0.29) is 16.4 Å². The van der Waals surface area contributed by atoms with Crippen molar-refractivity contribution in [1.29, 1.82) is 0 Å². The second-order valence-electron chi connectivity index (χ2n) is 17.3. The summed E-state index contributed by atoms with van der Waals surface area (Å²) in [5.41, 5.74) is 7.03. The molecule has 0 saturated carbocycles. The summed E-state index contributed by atoms with van der Waals surface area (Å²) in [4.78, 5) is 9.00. The molecule has 0 fully saturated rings. The number of aromatic nitrogens is 1. The van der Waals surface area contributed by atoms with E-state index in [0.717, 1.165) is 76.1 Å². The molecule has 0 spiro atoms. The van der Waals surface area contributed by atoms with E-state index in [4.69, 9.17) is 0 Å². The Kier molecular flexibility index (Phi) is 10.8. The quantitative estimate of drug-likeness (QED) is 0.108. The van der Waals surface area contributed by atoms with E-state index in [1.165, 1.54) is 17.3 Å². The van der Waals surface area contributed by atoms with Gasteiger partial charge in [-0.1, -0.05) is 64.1 Å². The Hall–Kier alpha value is -3.76. The van der Waals surface area contributed by atoms with Crippen LogP contribution >= 0.6 is 0 Å². The van der Waals surface area contributed by atoms with Crippen LogP contribution in [-0.2, 0) is 20.9 Å². The zero-order valence-corrected chi connectivity index (χ0v) is 33.2. The maximum absolute atomic E-state index is 12.1. The van der Waals surface area contributed by atoms with Gasteiger partial charge in [-0.2, -0.15) is 0 Å². The third-order valence-corrected chi connectivity index (χ3v) is 11.3. The molecule has 9 heteroatoms. The van der Waals surface area contributed by atoms with Gasteiger partial charge < -0.3 is 23.3 Å². The van der Waals surface area contributed by atoms with Crippen molar-refractivity contribution >= 4 is 27.1 Å². The molecule has 1 unspecified atom stereocenters. The molecule has 0 aliphatic carbocycles. The maximum Gasteiger partial charge on any atom is 0.124 e. The van der Waals surface area contributed by atoms with E-state index in [1.54, 1.807) is 12.1 Å². The van der Waals surface area contributed by atoms with Crippen molar-refractivity contribution in [3.8, 4) is 0 Å². The molecule has 3 heterocycles. The number of nitrogens with zero attached hydrogens (tertiary/aromatic N) is 5. The average Bonchev–Trinajstić information content (AvgIpc) is 3.38. The fraction of sp³-hybridized carbons (Fsp3) is 0.452. The summed E-state index contributed by atoms with van der Waals surface area (Å²) >= 11 is 0. The van der Waals surface area contributed by atoms with Gasteiger partial charge in [0, 0.05) is 66.2 Å². The van der Waals surface area contributed by atoms with Crippen LogP contribution in [0.4, 0.5) is 11.4 Å². The summed E-state index contributed by atoms with van der Waals surface area (Å²) in [6.07, 6.45) is 14.7. The fourth-order valence-electron chi connectivity index (χ4n) is 7.70. The van der Waals surface area contributed by atoms with Gasteiger partial charge in [0.05, 0.1) is 66.3 Å². The van der Waals surface area contributed by atoms with Crippen LogP contribution in [0, 0.1) is 0 Å². The summed E-state index contributed by atoms with van der Waals surface area (Å²) < 4.78 is 38.0. The minimum absolute atomic E-state index is 0.0947. The van der Waals surface area contributed by atoms with Gasteiger partial charge in [-0.05, 0) is 64.7 Å². The Morgan fingerprint density at radius 3 is 2.10 bits per heavy atom. The van der Waals surface area contributed by atoms with E-state index in [1.807, 2.05) is 24.5 Å². The van der Waals surface area contributed by atoms with Gasteiger partial charge >= 0.3 is 0 Å². The number of pyridine rings is 1. The van der Waals surface area contributed by atoms with Gasteiger partial charge in [-0.3, -0.25) is 4.98 Å². The number of para-hydroxylation sites is 1. The first-order valence-electron chi connectivity index (χ1n) is 18.1. The molecule has 3 aromatic rings. The molecule has 0 saturated heterocycles. The first kappa shape index (κ1) is 38.5. The third-order valence-electron chi connectivity index (χ3n) is 10.5. The number of allylic oxidation sites excluding steroid dienone is 5. The highest BCUT2D eigenvalue weighted by Gasteiger charge is 2.43. The monoisotopic (exact) mass is 712 g/mol. The standard InChI is InChI=1S/C42H58N5O3S/c1-41(2)35-15-11-12-16-37(35)44(27-13-29-46(5,6)7)39(41)21-17-32(33-23-25-43-26-24-33)18-22-40-42(3,4)36-31-34(51(48,49)50)19-20-38(36)45(40)28-14-30-47(8,9)10/h11-12,15-26,31,39H,13-14,27-30H2,1-10H3/q+1/b21-17+,32-18-,40-22+. The highest BCUT2D eigenvalue weighted by molar-refractivity contribution is 7.85. The van der Waals surface area contributed by atoms with Crippen molar-refractivity contribution in [2.24, 2.45) is 0 Å². The molecule has 1 aromatic heterocycles. The average molecular weight is 713 g/mol. The molecule has 2 aliphatic rings. The summed E-state index contributed by atoms with van der Waals surface area (Å²) in [6, 6.07) is 17.9. The Morgan fingerprint density at radius 1 is 0.843 bits per heavy atom. The predicted octanol–water partition coefficient (Wildman–Crippen LogP) is 6.97. The summed E-state index contributed by atoms with van der Waals surface area (Å²) in [7, 11) is 8.72. The normalized spacial score (nSPS) is 19.6. The van der Waals surface area contributed by atoms with Crippen LogP contribution in [0.2, 0.25) is 0 Å². The van der Waals surface area contributed by atoms with Crippen LogP contribution in [0.5, 0.6) is 0 Å². The molecule has 0 N–H and O–H groups in total. The number of anilines is 2. The Balaban J connectivity index is 1.58. The van der Waals surface area contributed by atoms with Crippen LogP contribution in [0.1, 0.15) is 57.2 Å². The van der Waals surface area contributed by atoms with E-state index in [9.17, 15) is 13.0 Å². The second-order valence-corrected chi connectivity index (χ2v) is 18.7. The lowest BCUT2D eigenvalue weighted by Gasteiger charge is -2.33. The van der Waals surface area contributed by atoms with Crippen molar-refractivity contribution in [3.63, 3.8) is 0 Å². The van der Waals surface area contributed by atoms with Crippen LogP contribution in [0.25, 0.3) is 5.57 Å². The summed E-state index contributed by atoms with van der Waals surface area (Å²) in [5.74, 6) is 0. The van der Waals surface area contributed by atoms with Gasteiger partial charge in [-0.25, -0.2) is 8.42 Å². The number of hydrogen-bond donors (Lipinski definition) is 0. The number of rotatable bonds is 13. The molecule has 274 valence electrons. The molecule has 8 nitrogen and oxygen atoms in total. The lowest BCUT2D eigenvalue weighted by Crippen LogP contribution is -2.42. The molecular formula is C42H58N5O3S+. The lowest BCUT2D eigenvalue weighted by molar-refractivity contribution is -0.870. The lowest BCUT2D eigenvalue weighted by atomic mass is 9.80. The zero-order valence-electron chi connectivity index (χ0n) is 32.3. The molecule has 2 aliphatic heterocycles. The smallest absolute Gasteiger partial charge is 0.124 e. The number of quaternary nitrogens is 2. The predicted molar refractivity (Wildman–Crippen MR) is 210 cm³/mol. The molecule has 0 bridgehead atoms. The summed E-state index contributed by atoms with van der Waals surface area (Å²) in [6.45, 7) is 12.7. The molecule has 0 amide bonds. The van der Waals surface area contributed by atoms with Crippen LogP contribution in [0.15, 0.2) is 102 Å². The number of fused-ring (bicyclic) bond motifs is 2. The maximum atomic E-state index is 12.1. The highest BCUT2D eigenvalue weighted by atomic mass is 32.2. The van der Waals surface area contributed by atoms with E-state index >= 15 is 0 Å². The van der Waals surface area contributed by atoms with Crippen molar-refractivity contribution in [2.75, 3.05) is 78.3 Å². The molecule has 1 atom stereocenters. The van der Waals surface area contributed by atoms with Crippen LogP contribution in [0.3, 0.4) is 0 Å². The Bertz CT molecular complexity index is 1920. The fourth-order valence-corrected chi connectivity index (χ4v) is 8.19. The first-order chi connectivity index (χ1) is 23.7. The molecule has 2 aromatic carbocycles. The van der Waals surface area contributed by atoms with Gasteiger partial charge in [-0.15, -0.1) is 0 Å². The molecule has 5 rings (SSSR count). The van der Waals surface area contributed by atoms with E-state index in [2.05, 4.69) is 133 Å². The Labute approximate surface area is 307 Å². The van der Waals surface area contributed by atoms with Gasteiger partial charge in [0.2, 0.25) is 0 Å². The van der Waals surface area contributed by atoms with Crippen molar-refractivity contribution < 1.29 is 21.9 Å². The van der Waals surface area contributed by atoms with E-state index in [0.29, 0.717) is 0 Å². The van der Waals surface area contributed by atoms with Crippen molar-refractivity contribution in [2.45, 2.75) is 62.3 Å². The number of hydrogen-bond acceptors (Lipinski definition) is 6. The second kappa shape index (κ2) is 14.3. The zero-order chi connectivity index (χ0) is 37.4. The van der Waals surface area contributed by atoms with E-state index < -0.39 is 15.5 Å². The number of benzene rings is 2. The molecular weight excluding hydrogens is 655 g/mol. The third kappa shape index (κ3) is 8.66. The van der Waals surface area contributed by atoms with Gasteiger partial charge in [0.15, 0.2) is 0 Å². The van der Waals surface area contributed by atoms with Crippen LogP contribution in [-0.4, -0.2) is 101 Å². The first-order valence-corrected chi connectivity index (χ1v) is 19.5. The summed E-state index contributed by atoms with van der Waals surface area (Å²) in [5, 5.41) is 0. The minimum Gasteiger partial charge on any atom is -0.744 e. The van der Waals surface area contributed by atoms with Crippen molar-refractivity contribution in [3.05, 3.63) is 114 Å². The van der Waals surface area contributed by atoms with Crippen LogP contribution < -0.4 is 9.80 Å². The largest absolute Gasteiger partial charge is 0.744 e. The van der Waals surface area contributed by atoms with Gasteiger partial charge in [0.1, 0.15) is 10.1 Å². The minimum atomic E-state index is -4.59. The van der Waals surface area contributed by atoms with Crippen molar-refractivity contribution in [1.82, 2.24) is 4.98 Å². The highest BCUT2D eigenvalue weighted by Crippen LogP contribution is 2.49. The molecule has 0 radical (unpaired) electrons.